The molecule has 7 heteroatoms. The Morgan fingerprint density at radius 1 is 1.26 bits per heavy atom. The van der Waals surface area contributed by atoms with Crippen LogP contribution in [0.5, 0.6) is 5.75 Å². The summed E-state index contributed by atoms with van der Waals surface area (Å²) in [7, 11) is 1.57. The minimum Gasteiger partial charge on any atom is -0.497 e. The molecular formula is C20H21N3O3S. The number of thioether (sulfide) groups is 1. The average molecular weight is 383 g/mol. The quantitative estimate of drug-likeness (QED) is 0.827. The van der Waals surface area contributed by atoms with Gasteiger partial charge in [-0.2, -0.15) is 0 Å². The van der Waals surface area contributed by atoms with Gasteiger partial charge in [0.2, 0.25) is 11.8 Å². The van der Waals surface area contributed by atoms with E-state index in [0.717, 1.165) is 16.8 Å². The highest BCUT2D eigenvalue weighted by molar-refractivity contribution is 8.15. The lowest BCUT2D eigenvalue weighted by Gasteiger charge is -2.08. The van der Waals surface area contributed by atoms with Crippen molar-refractivity contribution in [3.63, 3.8) is 0 Å². The number of nitrogens with one attached hydrogen (secondary N) is 2. The number of amidine groups is 1. The molecule has 0 aromatic heterocycles. The predicted octanol–water partition coefficient (Wildman–Crippen LogP) is 3.56. The summed E-state index contributed by atoms with van der Waals surface area (Å²) in [4.78, 5) is 29.0. The summed E-state index contributed by atoms with van der Waals surface area (Å²) in [6.07, 6.45) is 0.0690. The van der Waals surface area contributed by atoms with Gasteiger partial charge in [-0.25, -0.2) is 4.99 Å². The second-order valence-electron chi connectivity index (χ2n) is 6.29. The molecule has 1 aliphatic rings. The number of amides is 2. The molecule has 1 aliphatic heterocycles. The van der Waals surface area contributed by atoms with Gasteiger partial charge in [0.05, 0.1) is 12.8 Å². The van der Waals surface area contributed by atoms with Gasteiger partial charge >= 0.3 is 0 Å². The van der Waals surface area contributed by atoms with Crippen LogP contribution in [0.15, 0.2) is 47.5 Å². The van der Waals surface area contributed by atoms with E-state index in [1.807, 2.05) is 32.0 Å². The van der Waals surface area contributed by atoms with Crippen LogP contribution in [0.2, 0.25) is 0 Å². The van der Waals surface area contributed by atoms with Crippen LogP contribution in [0.3, 0.4) is 0 Å². The number of anilines is 1. The van der Waals surface area contributed by atoms with Gasteiger partial charge in [0.1, 0.15) is 11.0 Å². The van der Waals surface area contributed by atoms with E-state index >= 15 is 0 Å². The van der Waals surface area contributed by atoms with E-state index < -0.39 is 5.25 Å². The number of hydrogen-bond donors (Lipinski definition) is 2. The SMILES string of the molecule is COc1cccc(NC(=O)C[C@@H]2SC(=Nc3cc(C)ccc3C)NC2=O)c1. The van der Waals surface area contributed by atoms with E-state index in [0.29, 0.717) is 16.6 Å². The second kappa shape index (κ2) is 8.26. The Hall–Kier alpha value is -2.80. The summed E-state index contributed by atoms with van der Waals surface area (Å²) in [6, 6.07) is 13.1. The zero-order chi connectivity index (χ0) is 19.4. The van der Waals surface area contributed by atoms with E-state index in [2.05, 4.69) is 15.6 Å². The molecule has 1 heterocycles. The number of carbonyl (C=O) groups excluding carboxylic acids is 2. The summed E-state index contributed by atoms with van der Waals surface area (Å²) in [5.74, 6) is 0.220. The van der Waals surface area contributed by atoms with Crippen molar-refractivity contribution in [3.8, 4) is 5.75 Å². The molecule has 1 fully saturated rings. The Labute approximate surface area is 162 Å². The van der Waals surface area contributed by atoms with Gasteiger partial charge in [-0.05, 0) is 43.2 Å². The number of aliphatic imine (C=N–C) groups is 1. The molecule has 0 bridgehead atoms. The molecule has 0 aliphatic carbocycles. The Kier molecular flexibility index (Phi) is 5.81. The maximum absolute atomic E-state index is 12.3. The number of nitrogens with zero attached hydrogens (tertiary/aromatic N) is 1. The minimum atomic E-state index is -0.500. The van der Waals surface area contributed by atoms with Crippen molar-refractivity contribution < 1.29 is 14.3 Å². The second-order valence-corrected chi connectivity index (χ2v) is 7.48. The molecule has 0 unspecified atom stereocenters. The summed E-state index contributed by atoms with van der Waals surface area (Å²) in [5, 5.41) is 5.57. The summed E-state index contributed by atoms with van der Waals surface area (Å²) >= 11 is 1.28. The first-order valence-corrected chi connectivity index (χ1v) is 9.40. The van der Waals surface area contributed by atoms with Crippen molar-refractivity contribution in [2.24, 2.45) is 4.99 Å². The fourth-order valence-electron chi connectivity index (χ4n) is 2.62. The molecule has 2 N–H and O–H groups in total. The van der Waals surface area contributed by atoms with Gasteiger partial charge < -0.3 is 15.4 Å². The number of methoxy groups -OCH3 is 1. The molecular weight excluding hydrogens is 362 g/mol. The van der Waals surface area contributed by atoms with Crippen LogP contribution in [0.1, 0.15) is 17.5 Å². The summed E-state index contributed by atoms with van der Waals surface area (Å²) in [5.41, 5.74) is 3.58. The van der Waals surface area contributed by atoms with Crippen LogP contribution in [0.25, 0.3) is 0 Å². The van der Waals surface area contributed by atoms with Crippen molar-refractivity contribution in [3.05, 3.63) is 53.6 Å². The van der Waals surface area contributed by atoms with Crippen molar-refractivity contribution in [2.45, 2.75) is 25.5 Å². The first-order chi connectivity index (χ1) is 12.9. The third kappa shape index (κ3) is 4.89. The summed E-state index contributed by atoms with van der Waals surface area (Å²) in [6.45, 7) is 3.97. The molecule has 2 aromatic rings. The lowest BCUT2D eigenvalue weighted by Crippen LogP contribution is -2.28. The monoisotopic (exact) mass is 383 g/mol. The van der Waals surface area contributed by atoms with Crippen LogP contribution in [-0.4, -0.2) is 29.3 Å². The van der Waals surface area contributed by atoms with Crippen LogP contribution in [0, 0.1) is 13.8 Å². The van der Waals surface area contributed by atoms with Gasteiger partial charge in [0.15, 0.2) is 5.17 Å². The highest BCUT2D eigenvalue weighted by Gasteiger charge is 2.32. The third-order valence-electron chi connectivity index (χ3n) is 4.09. The van der Waals surface area contributed by atoms with E-state index in [1.165, 1.54) is 11.8 Å². The highest BCUT2D eigenvalue weighted by atomic mass is 32.2. The smallest absolute Gasteiger partial charge is 0.240 e. The molecule has 1 atom stereocenters. The number of rotatable bonds is 5. The summed E-state index contributed by atoms with van der Waals surface area (Å²) < 4.78 is 5.14. The maximum atomic E-state index is 12.3. The standard InChI is InChI=1S/C20H21N3O3S/c1-12-7-8-13(2)16(9-12)22-20-23-19(25)17(27-20)11-18(24)21-14-5-4-6-15(10-14)26-3/h4-10,17H,11H2,1-3H3,(H,21,24)(H,22,23,25)/t17-/m0/s1. The molecule has 0 spiro atoms. The van der Waals surface area contributed by atoms with Crippen molar-refractivity contribution in [1.29, 1.82) is 0 Å². The van der Waals surface area contributed by atoms with Crippen molar-refractivity contribution in [1.82, 2.24) is 5.32 Å². The topological polar surface area (TPSA) is 79.8 Å². The zero-order valence-electron chi connectivity index (χ0n) is 15.4. The van der Waals surface area contributed by atoms with Crippen LogP contribution < -0.4 is 15.4 Å². The van der Waals surface area contributed by atoms with Gasteiger partial charge in [0.25, 0.3) is 0 Å². The number of ether oxygens (including phenoxy) is 1. The van der Waals surface area contributed by atoms with Crippen LogP contribution >= 0.6 is 11.8 Å². The number of aryl methyl sites for hydroxylation is 2. The largest absolute Gasteiger partial charge is 0.497 e. The fraction of sp³-hybridized carbons (Fsp3) is 0.250. The molecule has 2 aromatic carbocycles. The first kappa shape index (κ1) is 19.0. The number of carbonyl (C=O) groups is 2. The predicted molar refractivity (Wildman–Crippen MR) is 109 cm³/mol. The third-order valence-corrected chi connectivity index (χ3v) is 5.17. The lowest BCUT2D eigenvalue weighted by atomic mass is 10.1. The van der Waals surface area contributed by atoms with Gasteiger partial charge in [0, 0.05) is 18.2 Å². The highest BCUT2D eigenvalue weighted by Crippen LogP contribution is 2.27. The Morgan fingerprint density at radius 3 is 2.85 bits per heavy atom. The molecule has 27 heavy (non-hydrogen) atoms. The van der Waals surface area contributed by atoms with E-state index in [-0.39, 0.29) is 18.2 Å². The number of hydrogen-bond acceptors (Lipinski definition) is 5. The van der Waals surface area contributed by atoms with Gasteiger partial charge in [-0.1, -0.05) is 30.0 Å². The Bertz CT molecular complexity index is 911. The zero-order valence-corrected chi connectivity index (χ0v) is 16.2. The molecule has 1 saturated heterocycles. The van der Waals surface area contributed by atoms with Gasteiger partial charge in [-0.15, -0.1) is 0 Å². The minimum absolute atomic E-state index is 0.0690. The Balaban J connectivity index is 1.64. The van der Waals surface area contributed by atoms with E-state index in [4.69, 9.17) is 4.74 Å². The van der Waals surface area contributed by atoms with Gasteiger partial charge in [-0.3, -0.25) is 9.59 Å². The molecule has 6 nitrogen and oxygen atoms in total. The Morgan fingerprint density at radius 2 is 2.07 bits per heavy atom. The van der Waals surface area contributed by atoms with Crippen LogP contribution in [-0.2, 0) is 9.59 Å². The average Bonchev–Trinajstić information content (AvgIpc) is 2.97. The first-order valence-electron chi connectivity index (χ1n) is 8.52. The number of benzene rings is 2. The molecule has 0 saturated carbocycles. The molecule has 2 amide bonds. The molecule has 3 rings (SSSR count). The van der Waals surface area contributed by atoms with Crippen LogP contribution in [0.4, 0.5) is 11.4 Å². The fourth-order valence-corrected chi connectivity index (χ4v) is 3.60. The maximum Gasteiger partial charge on any atom is 0.240 e. The molecule has 140 valence electrons. The van der Waals surface area contributed by atoms with E-state index in [9.17, 15) is 9.59 Å². The normalized spacial score (nSPS) is 17.7. The molecule has 0 radical (unpaired) electrons. The lowest BCUT2D eigenvalue weighted by molar-refractivity contribution is -0.122. The van der Waals surface area contributed by atoms with Crippen molar-refractivity contribution in [2.75, 3.05) is 12.4 Å². The van der Waals surface area contributed by atoms with Crippen molar-refractivity contribution >= 4 is 40.1 Å². The van der Waals surface area contributed by atoms with E-state index in [1.54, 1.807) is 31.4 Å².